The zero-order chi connectivity index (χ0) is 108. The first-order valence-corrected chi connectivity index (χ1v) is 55.7. The molecule has 0 fully saturated rings. The number of ether oxygens (including phenoxy) is 3. The number of thiol groups is 1. The number of amides is 4. The zero-order valence-corrected chi connectivity index (χ0v) is 95.4. The van der Waals surface area contributed by atoms with Gasteiger partial charge in [-0.05, 0) is 70.8 Å². The highest BCUT2D eigenvalue weighted by Crippen LogP contribution is 2.31. The lowest BCUT2D eigenvalue weighted by Crippen LogP contribution is -2.40. The van der Waals surface area contributed by atoms with E-state index in [9.17, 15) is 71.9 Å². The summed E-state index contributed by atoms with van der Waals surface area (Å²) in [5, 5.41) is 7.57. The maximum absolute atomic E-state index is 12.8. The van der Waals surface area contributed by atoms with Gasteiger partial charge in [-0.25, -0.2) is 9.97 Å². The van der Waals surface area contributed by atoms with E-state index in [1.165, 1.54) is 119 Å². The summed E-state index contributed by atoms with van der Waals surface area (Å²) < 4.78 is 15.6. The van der Waals surface area contributed by atoms with Crippen LogP contribution in [0.15, 0.2) is 64.0 Å². The van der Waals surface area contributed by atoms with Gasteiger partial charge in [0.2, 0.25) is 23.6 Å². The average Bonchev–Trinajstić information content (AvgIpc) is 0.873. The number of nitrogens with zero attached hydrogens (tertiary/aromatic N) is 8. The molecule has 2 rings (SSSR count). The summed E-state index contributed by atoms with van der Waals surface area (Å²) in [6, 6.07) is 11.5. The second-order valence-corrected chi connectivity index (χ2v) is 41.2. The molecule has 0 unspecified atom stereocenters. The van der Waals surface area contributed by atoms with Gasteiger partial charge in [0.1, 0.15) is 70.4 Å². The molecule has 0 aromatic carbocycles. The molecule has 0 spiro atoms. The minimum Gasteiger partial charge on any atom is -0.379 e. The van der Waals surface area contributed by atoms with E-state index in [2.05, 4.69) is 86.2 Å². The van der Waals surface area contributed by atoms with Crippen molar-refractivity contribution >= 4 is 166 Å². The van der Waals surface area contributed by atoms with Crippen molar-refractivity contribution in [2.75, 3.05) is 128 Å². The van der Waals surface area contributed by atoms with E-state index < -0.39 is 5.92 Å². The molecular weight excluding hydrogens is 1980 g/mol. The molecule has 0 aliphatic heterocycles. The number of carbonyl (C=O) groups excluding carboxylic acids is 15. The molecule has 0 aliphatic carbocycles. The Hall–Kier alpha value is -6.74. The van der Waals surface area contributed by atoms with Crippen LogP contribution in [0.3, 0.4) is 0 Å². The van der Waals surface area contributed by atoms with E-state index in [-0.39, 0.29) is 188 Å². The van der Waals surface area contributed by atoms with Gasteiger partial charge in [0.15, 0.2) is 23.1 Å². The zero-order valence-electron chi connectivity index (χ0n) is 89.1. The van der Waals surface area contributed by atoms with Gasteiger partial charge in [-0.3, -0.25) is 71.9 Å². The van der Waals surface area contributed by atoms with Crippen LogP contribution in [0.4, 0.5) is 0 Å². The van der Waals surface area contributed by atoms with Crippen LogP contribution in [0.2, 0.25) is 0 Å². The van der Waals surface area contributed by atoms with E-state index in [0.717, 1.165) is 22.2 Å². The van der Waals surface area contributed by atoms with Crippen LogP contribution in [-0.4, -0.2) is 240 Å². The quantitative estimate of drug-likeness (QED) is 0.00550. The Bertz CT molecular complexity index is 3680. The maximum Gasteiger partial charge on any atom is 0.226 e. The van der Waals surface area contributed by atoms with Gasteiger partial charge in [-0.15, -0.1) is 12.8 Å². The first kappa shape index (κ1) is 148. The van der Waals surface area contributed by atoms with Crippen LogP contribution >= 0.6 is 78.4 Å². The summed E-state index contributed by atoms with van der Waals surface area (Å²) in [5.74, 6) is 6.73. The Morgan fingerprint density at radius 2 is 0.899 bits per heavy atom. The highest BCUT2D eigenvalue weighted by Gasteiger charge is 2.28. The fraction of sp³-hybridized carbons (Fsp3) is 0.721. The smallest absolute Gasteiger partial charge is 0.226 e. The van der Waals surface area contributed by atoms with Crippen LogP contribution in [0, 0.1) is 83.9 Å². The number of carbonyl (C=O) groups is 15. The van der Waals surface area contributed by atoms with E-state index in [1.807, 2.05) is 133 Å². The van der Waals surface area contributed by atoms with E-state index in [0.29, 0.717) is 112 Å². The number of hydrogen-bond acceptors (Lipinski definition) is 28. The van der Waals surface area contributed by atoms with Crippen LogP contribution in [0.1, 0.15) is 299 Å². The van der Waals surface area contributed by atoms with Gasteiger partial charge in [-0.2, -0.15) is 12.6 Å². The second kappa shape index (κ2) is 104. The molecule has 139 heavy (non-hydrogen) atoms. The van der Waals surface area contributed by atoms with Crippen LogP contribution in [0.25, 0.3) is 10.4 Å². The standard InChI is InChI=1S/C21H38N4O5.C16H34.C14H19NO2S2.C11H18O3.C10H13NOS2.C9H18N2O2.C8H12O2.C5H9IO.C5H9N3O.C5H10OS/c1-15(2)19(28)14-25(5)21(30)17(8-6-7-10-22)12-18(27)13-24(4)20(29)9-11-23-16(3)26;1-3-5-7-9-11-13-15-16-14-12-10-8-6-4-2;1-11(2)13(17)7-6-12(16)8-10-18-19-14-5-3-4-9-15-14;1-4-6-13-8-9-14-7-5-11(12)10(2)3;1-8(2)9(12)7-13-14-10-5-3-4-6-11-10;1-7(2)8(12)6-11(3)9(13)4-5-10;1-4-5-10-6-8(9)7(2)3;1-4(2)5(7)3-6;1-4(2)5(9)3-7-8-6;1-4(2)5(6)3-7/h15,17H,6-14,22H2,1-5H3,(H,23,26);3-16H2,1-2H3;3-5,9,11H,6-8,10H2,1-2H3;1,10H,5-9H2,2-3H3;3-6,8H,7H2,1-2H3;7H,4-6,10H2,1-3H3;1,7H,5-6H2,2-3H3;4H,3H2,1-2H3;4H,3H2,1-2H3;4,7H,3H2,1-2H3/t17-;;;;;;;;;/m1........./s1. The second-order valence-electron chi connectivity index (χ2n) is 35.4. The Labute approximate surface area is 872 Å². The molecule has 0 aliphatic rings. The number of rotatable bonds is 66. The number of ketones is 11. The Morgan fingerprint density at radius 3 is 1.29 bits per heavy atom. The predicted octanol–water partition coefficient (Wildman–Crippen LogP) is 20.1. The third-order valence-corrected chi connectivity index (χ3v) is 25.0. The molecule has 4 amide bonds. The van der Waals surface area contributed by atoms with Crippen LogP contribution in [0.5, 0.6) is 0 Å². The van der Waals surface area contributed by atoms with E-state index >= 15 is 0 Å². The molecule has 2 aromatic heterocycles. The van der Waals surface area contributed by atoms with Crippen molar-refractivity contribution in [3.05, 3.63) is 59.2 Å². The highest BCUT2D eigenvalue weighted by atomic mass is 127. The number of halogens is 1. The average molecular weight is 2160 g/mol. The van der Waals surface area contributed by atoms with Gasteiger partial charge < -0.3 is 45.7 Å². The maximum atomic E-state index is 12.8. The molecular formula is C104H180IN11O18S5. The number of alkyl halides is 1. The SMILES string of the molecule is C#CCOCC(=O)C(C)C.C#CCOCCOCCC(=O)C(C)C.CC(=O)NCCC(=O)N(C)CC(=O)C[C@@H](CCCCN)C(=O)N(C)CC(=O)C(C)C.CC(C)C(=O)CCC(=O)CCSSc1ccccn1.CC(C)C(=O)CI.CC(C)C(=O)CN(C)C(=O)CCN.CC(C)C(=O)CN=[N+]=[N-].CC(C)C(=O)CS.CC(C)C(=O)CSSc1ccccn1.CCCCCCCCCCCCCCCC. The number of nitrogens with one attached hydrogen (secondary N) is 1. The van der Waals surface area contributed by atoms with Crippen molar-refractivity contribution < 1.29 is 86.1 Å². The summed E-state index contributed by atoms with van der Waals surface area (Å²) in [5.41, 5.74) is 18.6. The van der Waals surface area contributed by atoms with Gasteiger partial charge in [-0.1, -0.05) is 308 Å². The van der Waals surface area contributed by atoms with Gasteiger partial charge in [0.05, 0.1) is 56.2 Å². The van der Waals surface area contributed by atoms with Crippen molar-refractivity contribution in [3.63, 3.8) is 0 Å². The summed E-state index contributed by atoms with van der Waals surface area (Å²) in [6.45, 7) is 42.6. The number of azide groups is 1. The minimum atomic E-state index is -0.545. The number of terminal acetylenes is 2. The molecule has 0 saturated carbocycles. The van der Waals surface area contributed by atoms with Crippen molar-refractivity contribution in [3.8, 4) is 24.7 Å². The lowest BCUT2D eigenvalue weighted by molar-refractivity contribution is -0.140. The highest BCUT2D eigenvalue weighted by molar-refractivity contribution is 14.1. The monoisotopic (exact) mass is 2160 g/mol. The van der Waals surface area contributed by atoms with Gasteiger partial charge >= 0.3 is 0 Å². The lowest BCUT2D eigenvalue weighted by atomic mass is 9.94. The molecule has 0 bridgehead atoms. The number of nitrogens with two attached hydrogens (primary N) is 2. The fourth-order valence-electron chi connectivity index (χ4n) is 9.82. The molecule has 1 atom stereocenters. The van der Waals surface area contributed by atoms with Crippen molar-refractivity contribution in [2.24, 2.45) is 75.8 Å². The van der Waals surface area contributed by atoms with Gasteiger partial charge in [0.25, 0.3) is 0 Å². The number of aromatic nitrogens is 2. The Morgan fingerprint density at radius 1 is 0.475 bits per heavy atom. The number of unbranched alkanes of at least 4 members (excludes halogenated alkanes) is 14. The van der Waals surface area contributed by atoms with Crippen LogP contribution < -0.4 is 16.8 Å². The minimum absolute atomic E-state index is 0.00687. The fourth-order valence-corrected chi connectivity index (χ4v) is 15.0. The molecule has 2 heterocycles. The lowest BCUT2D eigenvalue weighted by Gasteiger charge is -2.24. The van der Waals surface area contributed by atoms with Crippen molar-refractivity contribution in [2.45, 2.75) is 310 Å². The summed E-state index contributed by atoms with van der Waals surface area (Å²) in [4.78, 5) is 185. The topological polar surface area (TPSA) is 432 Å². The number of Topliss-reactive ketones (excluding diaryl/α,β-unsaturated/α-hetero) is 11. The molecule has 0 saturated heterocycles. The third-order valence-electron chi connectivity index (χ3n) is 19.5. The molecule has 796 valence electrons. The number of hydrogen-bond donors (Lipinski definition) is 4. The molecule has 0 radical (unpaired) electrons. The van der Waals surface area contributed by atoms with Crippen molar-refractivity contribution in [1.29, 1.82) is 0 Å². The predicted molar refractivity (Wildman–Crippen MR) is 586 cm³/mol. The summed E-state index contributed by atoms with van der Waals surface area (Å²) in [6.07, 6.45) is 38.0. The Kier molecular flexibility index (Phi) is 111. The van der Waals surface area contributed by atoms with E-state index in [4.69, 9.17) is 44.1 Å². The number of likely N-dealkylation sites (N-methyl/N-ethyl adjacent to an activating group) is 3. The Balaban J connectivity index is -0.000000236. The largest absolute Gasteiger partial charge is 0.379 e. The molecule has 2 aromatic rings. The van der Waals surface area contributed by atoms with Crippen LogP contribution in [-0.2, 0) is 86.1 Å². The molecule has 5 N–H and O–H groups in total. The van der Waals surface area contributed by atoms with E-state index in [1.54, 1.807) is 97.4 Å². The first-order chi connectivity index (χ1) is 65.6. The first-order valence-electron chi connectivity index (χ1n) is 48.9. The summed E-state index contributed by atoms with van der Waals surface area (Å²) in [7, 11) is 11.0. The van der Waals surface area contributed by atoms with Gasteiger partial charge in [0, 0.05) is 174 Å². The summed E-state index contributed by atoms with van der Waals surface area (Å²) >= 11 is 5.88. The molecule has 35 heteroatoms. The normalized spacial score (nSPS) is 10.5. The third kappa shape index (κ3) is 105. The number of pyridine rings is 2. The van der Waals surface area contributed by atoms with Crippen molar-refractivity contribution in [1.82, 2.24) is 30.0 Å². The molecule has 29 nitrogen and oxygen atoms in total.